The van der Waals surface area contributed by atoms with Crippen LogP contribution in [0.5, 0.6) is 0 Å². The minimum absolute atomic E-state index is 0. The second kappa shape index (κ2) is 6.70. The zero-order chi connectivity index (χ0) is 10.0. The van der Waals surface area contributed by atoms with Crippen LogP contribution in [-0.2, 0) is 0 Å². The number of nitrogens with zero attached hydrogens (tertiary/aromatic N) is 2. The van der Waals surface area contributed by atoms with Gasteiger partial charge in [0.2, 0.25) is 0 Å². The van der Waals surface area contributed by atoms with Crippen molar-refractivity contribution in [3.63, 3.8) is 0 Å². The molecule has 0 heterocycles. The summed E-state index contributed by atoms with van der Waals surface area (Å²) in [7, 11) is 0. The summed E-state index contributed by atoms with van der Waals surface area (Å²) in [5, 5.41) is 20.4. The van der Waals surface area contributed by atoms with Gasteiger partial charge in [0.1, 0.15) is 5.02 Å². The van der Waals surface area contributed by atoms with E-state index in [9.17, 15) is 20.2 Å². The van der Waals surface area contributed by atoms with Crippen LogP contribution in [0.25, 0.3) is 0 Å². The van der Waals surface area contributed by atoms with Crippen molar-refractivity contribution in [2.75, 3.05) is 0 Å². The van der Waals surface area contributed by atoms with Gasteiger partial charge in [-0.05, 0) is 6.07 Å². The molecule has 7 nitrogen and oxygen atoms in total. The van der Waals surface area contributed by atoms with Crippen LogP contribution >= 0.6 is 11.6 Å². The van der Waals surface area contributed by atoms with E-state index in [1.165, 1.54) is 0 Å². The molecule has 0 saturated heterocycles. The summed E-state index contributed by atoms with van der Waals surface area (Å²) in [6, 6.07) is 3.05. The van der Waals surface area contributed by atoms with E-state index in [1.54, 1.807) is 0 Å². The Bertz CT molecular complexity index is 386. The second-order valence-corrected chi connectivity index (χ2v) is 2.56. The van der Waals surface area contributed by atoms with Crippen LogP contribution in [0.2, 0.25) is 5.02 Å². The summed E-state index contributed by atoms with van der Waals surface area (Å²) in [6.07, 6.45) is 0. The Kier molecular flexibility index (Phi) is 7.45. The van der Waals surface area contributed by atoms with Crippen molar-refractivity contribution < 1.29 is 44.9 Å². The van der Waals surface area contributed by atoms with Crippen LogP contribution in [-0.4, -0.2) is 15.3 Å². The third kappa shape index (κ3) is 4.10. The zero-order valence-corrected chi connectivity index (χ0v) is 10.3. The van der Waals surface area contributed by atoms with Gasteiger partial charge in [-0.1, -0.05) is 11.6 Å². The van der Waals surface area contributed by atoms with Crippen molar-refractivity contribution in [2.24, 2.45) is 0 Å². The van der Waals surface area contributed by atoms with Gasteiger partial charge in [0.15, 0.2) is 0 Å². The van der Waals surface area contributed by atoms with Gasteiger partial charge in [-0.25, -0.2) is 0 Å². The smallest absolute Gasteiger partial charge is 0.870 e. The summed E-state index contributed by atoms with van der Waals surface area (Å²) in [5.74, 6) is 0. The fraction of sp³-hybridized carbons (Fsp3) is 0. The number of halogens is 1. The summed E-state index contributed by atoms with van der Waals surface area (Å²) in [5.41, 5.74) is -0.813. The predicted molar refractivity (Wildman–Crippen MR) is 46.7 cm³/mol. The van der Waals surface area contributed by atoms with Crippen LogP contribution in [0.15, 0.2) is 18.2 Å². The van der Waals surface area contributed by atoms with E-state index in [2.05, 4.69) is 0 Å². The molecule has 0 aliphatic heterocycles. The SMILES string of the molecule is O=[N+]([O-])c1ccc(Cl)c([N+](=O)[O-])c1.[Na+].[OH-]. The first-order valence-corrected chi connectivity index (χ1v) is 3.48. The molecule has 0 fully saturated rings. The molecule has 9 heteroatoms. The van der Waals surface area contributed by atoms with Crippen LogP contribution in [0.4, 0.5) is 11.4 Å². The standard InChI is InChI=1S/C6H3ClN2O4.Na.H2O/c7-5-2-1-4(8(10)11)3-6(5)9(12)13;;/h1-3H;;1H2/q;+1;/p-1. The average molecular weight is 243 g/mol. The summed E-state index contributed by atoms with van der Waals surface area (Å²) in [6.45, 7) is 0. The Morgan fingerprint density at radius 1 is 1.13 bits per heavy atom. The fourth-order valence-corrected chi connectivity index (χ4v) is 0.941. The Labute approximate surface area is 111 Å². The molecular formula is C6H4ClN2NaO5. The van der Waals surface area contributed by atoms with Crippen molar-refractivity contribution in [3.8, 4) is 0 Å². The van der Waals surface area contributed by atoms with E-state index >= 15 is 0 Å². The molecule has 0 unspecified atom stereocenters. The van der Waals surface area contributed by atoms with E-state index in [1.807, 2.05) is 0 Å². The Morgan fingerprint density at radius 3 is 2.07 bits per heavy atom. The number of hydrogen-bond donors (Lipinski definition) is 0. The first-order chi connectivity index (χ1) is 6.02. The van der Waals surface area contributed by atoms with Crippen LogP contribution < -0.4 is 29.6 Å². The monoisotopic (exact) mass is 242 g/mol. The van der Waals surface area contributed by atoms with Gasteiger partial charge in [0.05, 0.1) is 15.9 Å². The maximum atomic E-state index is 10.3. The maximum Gasteiger partial charge on any atom is 1.00 e. The van der Waals surface area contributed by atoms with Gasteiger partial charge in [0.25, 0.3) is 11.4 Å². The molecular weight excluding hydrogens is 239 g/mol. The topological polar surface area (TPSA) is 116 Å². The van der Waals surface area contributed by atoms with Crippen molar-refractivity contribution in [1.82, 2.24) is 0 Å². The molecule has 0 aromatic heterocycles. The molecule has 0 amide bonds. The molecule has 0 aliphatic carbocycles. The molecule has 15 heavy (non-hydrogen) atoms. The van der Waals surface area contributed by atoms with E-state index in [4.69, 9.17) is 11.6 Å². The third-order valence-electron chi connectivity index (χ3n) is 1.34. The number of hydrogen-bond acceptors (Lipinski definition) is 5. The van der Waals surface area contributed by atoms with E-state index in [-0.39, 0.29) is 45.7 Å². The molecule has 76 valence electrons. The van der Waals surface area contributed by atoms with Crippen LogP contribution in [0, 0.1) is 20.2 Å². The molecule has 0 saturated carbocycles. The Balaban J connectivity index is 0. The Hall–Kier alpha value is -0.730. The summed E-state index contributed by atoms with van der Waals surface area (Å²) < 4.78 is 0. The van der Waals surface area contributed by atoms with Gasteiger partial charge < -0.3 is 5.48 Å². The minimum atomic E-state index is -0.769. The number of rotatable bonds is 2. The molecule has 0 spiro atoms. The molecule has 1 rings (SSSR count). The largest absolute Gasteiger partial charge is 1.00 e. The van der Waals surface area contributed by atoms with Crippen molar-refractivity contribution in [2.45, 2.75) is 0 Å². The van der Waals surface area contributed by atoms with Crippen molar-refractivity contribution in [1.29, 1.82) is 0 Å². The fourth-order valence-electron chi connectivity index (χ4n) is 0.755. The number of non-ortho nitro benzene ring substituents is 1. The number of nitro benzene ring substituents is 2. The molecule has 1 aromatic carbocycles. The Morgan fingerprint density at radius 2 is 1.67 bits per heavy atom. The molecule has 0 atom stereocenters. The van der Waals surface area contributed by atoms with E-state index < -0.39 is 15.5 Å². The second-order valence-electron chi connectivity index (χ2n) is 2.15. The van der Waals surface area contributed by atoms with Crippen LogP contribution in [0.1, 0.15) is 0 Å². The molecule has 1 N–H and O–H groups in total. The quantitative estimate of drug-likeness (QED) is 0.374. The van der Waals surface area contributed by atoms with E-state index in [0.717, 1.165) is 18.2 Å². The van der Waals surface area contributed by atoms with Crippen molar-refractivity contribution in [3.05, 3.63) is 43.5 Å². The van der Waals surface area contributed by atoms with Gasteiger partial charge in [-0.15, -0.1) is 0 Å². The minimum Gasteiger partial charge on any atom is -0.870 e. The number of benzene rings is 1. The van der Waals surface area contributed by atoms with Crippen molar-refractivity contribution >= 4 is 23.0 Å². The molecule has 0 radical (unpaired) electrons. The molecule has 0 aliphatic rings. The summed E-state index contributed by atoms with van der Waals surface area (Å²) >= 11 is 5.43. The normalized spacial score (nSPS) is 8.33. The first kappa shape index (κ1) is 16.7. The van der Waals surface area contributed by atoms with Gasteiger partial charge >= 0.3 is 29.6 Å². The first-order valence-electron chi connectivity index (χ1n) is 3.10. The molecule has 1 aromatic rings. The average Bonchev–Trinajstić information content (AvgIpc) is 2.04. The van der Waals surface area contributed by atoms with Crippen LogP contribution in [0.3, 0.4) is 0 Å². The van der Waals surface area contributed by atoms with E-state index in [0.29, 0.717) is 0 Å². The van der Waals surface area contributed by atoms with Gasteiger partial charge in [-0.2, -0.15) is 0 Å². The van der Waals surface area contributed by atoms with Gasteiger partial charge in [0, 0.05) is 6.07 Å². The van der Waals surface area contributed by atoms with Gasteiger partial charge in [-0.3, -0.25) is 20.2 Å². The zero-order valence-electron chi connectivity index (χ0n) is 7.58. The number of nitro groups is 2. The summed E-state index contributed by atoms with van der Waals surface area (Å²) in [4.78, 5) is 19.0. The maximum absolute atomic E-state index is 10.3. The molecule has 0 bridgehead atoms. The predicted octanol–water partition coefficient (Wildman–Crippen LogP) is -1.02. The third-order valence-corrected chi connectivity index (χ3v) is 1.66.